The largest absolute Gasteiger partial charge is 0.497 e. The summed E-state index contributed by atoms with van der Waals surface area (Å²) < 4.78 is 30.4. The molecule has 0 aromatic heterocycles. The van der Waals surface area contributed by atoms with Gasteiger partial charge in [-0.2, -0.15) is 0 Å². The number of carbonyl (C=O) groups is 2. The predicted octanol–water partition coefficient (Wildman–Crippen LogP) is 2.05. The van der Waals surface area contributed by atoms with Crippen LogP contribution in [0.1, 0.15) is 17.3 Å². The van der Waals surface area contributed by atoms with E-state index in [1.54, 1.807) is 38.3 Å². The molecule has 156 valence electrons. The van der Waals surface area contributed by atoms with Crippen LogP contribution in [0.15, 0.2) is 53.4 Å². The summed E-state index contributed by atoms with van der Waals surface area (Å²) in [5.41, 5.74) is 0.902. The number of amides is 2. The van der Waals surface area contributed by atoms with Gasteiger partial charge in [0.1, 0.15) is 12.3 Å². The SMILES string of the molecule is CCN(CC(=O)Nc1ccc(OC)cc1)C(=O)c1ccc(S(=O)(=O)N(C)C)cc1. The minimum atomic E-state index is -3.57. The van der Waals surface area contributed by atoms with Crippen molar-refractivity contribution >= 4 is 27.5 Å². The first-order chi connectivity index (χ1) is 13.7. The van der Waals surface area contributed by atoms with Gasteiger partial charge in [0.2, 0.25) is 15.9 Å². The molecule has 2 rings (SSSR count). The van der Waals surface area contributed by atoms with Gasteiger partial charge in [-0.05, 0) is 55.5 Å². The second-order valence-corrected chi connectivity index (χ2v) is 8.56. The molecule has 0 saturated carbocycles. The Bertz CT molecular complexity index is 955. The smallest absolute Gasteiger partial charge is 0.254 e. The van der Waals surface area contributed by atoms with Gasteiger partial charge in [-0.3, -0.25) is 9.59 Å². The van der Waals surface area contributed by atoms with Gasteiger partial charge in [-0.25, -0.2) is 12.7 Å². The fourth-order valence-electron chi connectivity index (χ4n) is 2.54. The highest BCUT2D eigenvalue weighted by atomic mass is 32.2. The van der Waals surface area contributed by atoms with E-state index in [1.165, 1.54) is 43.3 Å². The van der Waals surface area contributed by atoms with E-state index in [9.17, 15) is 18.0 Å². The van der Waals surface area contributed by atoms with E-state index in [0.717, 1.165) is 4.31 Å². The third kappa shape index (κ3) is 5.55. The van der Waals surface area contributed by atoms with Crippen LogP contribution in [0.25, 0.3) is 0 Å². The summed E-state index contributed by atoms with van der Waals surface area (Å²) in [6.45, 7) is 1.97. The van der Waals surface area contributed by atoms with Gasteiger partial charge in [0.05, 0.1) is 12.0 Å². The Balaban J connectivity index is 2.06. The van der Waals surface area contributed by atoms with Gasteiger partial charge in [0.25, 0.3) is 5.91 Å². The van der Waals surface area contributed by atoms with Crippen molar-refractivity contribution in [3.8, 4) is 5.75 Å². The van der Waals surface area contributed by atoms with E-state index in [0.29, 0.717) is 23.5 Å². The number of anilines is 1. The average Bonchev–Trinajstić information content (AvgIpc) is 2.72. The van der Waals surface area contributed by atoms with Crippen molar-refractivity contribution in [3.63, 3.8) is 0 Å². The molecule has 0 aliphatic carbocycles. The standard InChI is InChI=1S/C20H25N3O5S/c1-5-23(14-19(24)21-16-8-10-17(28-4)11-9-16)20(25)15-6-12-18(13-7-15)29(26,27)22(2)3/h6-13H,5,14H2,1-4H3,(H,21,24). The number of sulfonamides is 1. The van der Waals surface area contributed by atoms with Crippen molar-refractivity contribution in [1.29, 1.82) is 0 Å². The van der Waals surface area contributed by atoms with Crippen molar-refractivity contribution in [2.24, 2.45) is 0 Å². The van der Waals surface area contributed by atoms with Gasteiger partial charge < -0.3 is 15.0 Å². The first-order valence-corrected chi connectivity index (χ1v) is 10.4. The maximum absolute atomic E-state index is 12.7. The van der Waals surface area contributed by atoms with Crippen LogP contribution in [0.2, 0.25) is 0 Å². The van der Waals surface area contributed by atoms with Crippen LogP contribution in [-0.4, -0.2) is 63.7 Å². The van der Waals surface area contributed by atoms with Crippen molar-refractivity contribution in [1.82, 2.24) is 9.21 Å². The number of hydrogen-bond acceptors (Lipinski definition) is 5. The first-order valence-electron chi connectivity index (χ1n) is 8.94. The van der Waals surface area contributed by atoms with Crippen molar-refractivity contribution < 1.29 is 22.7 Å². The molecular weight excluding hydrogens is 394 g/mol. The molecule has 0 spiro atoms. The van der Waals surface area contributed by atoms with Crippen LogP contribution in [0.5, 0.6) is 5.75 Å². The molecule has 1 N–H and O–H groups in total. The van der Waals surface area contributed by atoms with Crippen molar-refractivity contribution in [2.75, 3.05) is 39.6 Å². The zero-order valence-electron chi connectivity index (χ0n) is 16.9. The van der Waals surface area contributed by atoms with Crippen LogP contribution >= 0.6 is 0 Å². The molecule has 2 aromatic rings. The number of ether oxygens (including phenoxy) is 1. The molecule has 8 nitrogen and oxygen atoms in total. The molecule has 0 saturated heterocycles. The van der Waals surface area contributed by atoms with E-state index in [2.05, 4.69) is 5.32 Å². The molecule has 0 unspecified atom stereocenters. The number of benzene rings is 2. The summed E-state index contributed by atoms with van der Waals surface area (Å²) >= 11 is 0. The van der Waals surface area contributed by atoms with Crippen molar-refractivity contribution in [2.45, 2.75) is 11.8 Å². The minimum absolute atomic E-state index is 0.0966. The summed E-state index contributed by atoms with van der Waals surface area (Å²) in [6, 6.07) is 12.5. The summed E-state index contributed by atoms with van der Waals surface area (Å²) in [5.74, 6) is -0.0172. The van der Waals surface area contributed by atoms with Crippen LogP contribution in [0.4, 0.5) is 5.69 Å². The van der Waals surface area contributed by atoms with Crippen LogP contribution in [-0.2, 0) is 14.8 Å². The van der Waals surface area contributed by atoms with Gasteiger partial charge in [0, 0.05) is 31.9 Å². The molecule has 0 heterocycles. The molecular formula is C20H25N3O5S. The number of methoxy groups -OCH3 is 1. The molecule has 0 aliphatic heterocycles. The average molecular weight is 420 g/mol. The fourth-order valence-corrected chi connectivity index (χ4v) is 3.44. The van der Waals surface area contributed by atoms with Gasteiger partial charge >= 0.3 is 0 Å². The third-order valence-corrected chi connectivity index (χ3v) is 6.09. The molecule has 2 amide bonds. The first kappa shape index (κ1) is 22.4. The zero-order chi connectivity index (χ0) is 21.6. The van der Waals surface area contributed by atoms with Crippen LogP contribution < -0.4 is 10.1 Å². The Morgan fingerprint density at radius 1 is 1.00 bits per heavy atom. The summed E-state index contributed by atoms with van der Waals surface area (Å²) in [7, 11) is 0.866. The number of carbonyl (C=O) groups excluding carboxylic acids is 2. The number of hydrogen-bond donors (Lipinski definition) is 1. The number of rotatable bonds is 8. The van der Waals surface area contributed by atoms with Crippen LogP contribution in [0.3, 0.4) is 0 Å². The maximum Gasteiger partial charge on any atom is 0.254 e. The molecule has 0 radical (unpaired) electrons. The molecule has 29 heavy (non-hydrogen) atoms. The van der Waals surface area contributed by atoms with E-state index < -0.39 is 10.0 Å². The second-order valence-electron chi connectivity index (χ2n) is 6.41. The lowest BCUT2D eigenvalue weighted by molar-refractivity contribution is -0.116. The van der Waals surface area contributed by atoms with Gasteiger partial charge in [0.15, 0.2) is 0 Å². The minimum Gasteiger partial charge on any atom is -0.497 e. The Labute approximate surface area is 171 Å². The molecule has 0 bridgehead atoms. The monoisotopic (exact) mass is 419 g/mol. The summed E-state index contributed by atoms with van der Waals surface area (Å²) in [6.07, 6.45) is 0. The Morgan fingerprint density at radius 2 is 1.59 bits per heavy atom. The van der Waals surface area contributed by atoms with E-state index in [1.807, 2.05) is 0 Å². The zero-order valence-corrected chi connectivity index (χ0v) is 17.7. The molecule has 2 aromatic carbocycles. The lowest BCUT2D eigenvalue weighted by atomic mass is 10.2. The number of nitrogens with one attached hydrogen (secondary N) is 1. The van der Waals surface area contributed by atoms with E-state index in [-0.39, 0.29) is 23.3 Å². The Hall–Kier alpha value is -2.91. The van der Waals surface area contributed by atoms with Gasteiger partial charge in [-0.1, -0.05) is 0 Å². The van der Waals surface area contributed by atoms with E-state index in [4.69, 9.17) is 4.74 Å². The summed E-state index contributed by atoms with van der Waals surface area (Å²) in [4.78, 5) is 26.5. The molecule has 0 atom stereocenters. The Kier molecular flexibility index (Phi) is 7.35. The quantitative estimate of drug-likeness (QED) is 0.706. The van der Waals surface area contributed by atoms with Crippen LogP contribution in [0, 0.1) is 0 Å². The number of likely N-dealkylation sites (N-methyl/N-ethyl adjacent to an activating group) is 1. The predicted molar refractivity (Wildman–Crippen MR) is 111 cm³/mol. The van der Waals surface area contributed by atoms with Crippen molar-refractivity contribution in [3.05, 3.63) is 54.1 Å². The second kappa shape index (κ2) is 9.53. The third-order valence-electron chi connectivity index (χ3n) is 4.26. The number of nitrogens with zero attached hydrogens (tertiary/aromatic N) is 2. The topological polar surface area (TPSA) is 96.0 Å². The molecule has 0 aliphatic rings. The van der Waals surface area contributed by atoms with Gasteiger partial charge in [-0.15, -0.1) is 0 Å². The Morgan fingerprint density at radius 3 is 2.07 bits per heavy atom. The molecule has 0 fully saturated rings. The lowest BCUT2D eigenvalue weighted by Gasteiger charge is -2.21. The fraction of sp³-hybridized carbons (Fsp3) is 0.300. The highest BCUT2D eigenvalue weighted by Gasteiger charge is 2.20. The lowest BCUT2D eigenvalue weighted by Crippen LogP contribution is -2.37. The highest BCUT2D eigenvalue weighted by molar-refractivity contribution is 7.89. The maximum atomic E-state index is 12.7. The summed E-state index contributed by atoms with van der Waals surface area (Å²) in [5, 5.41) is 2.73. The molecule has 9 heteroatoms. The highest BCUT2D eigenvalue weighted by Crippen LogP contribution is 2.16. The normalized spacial score (nSPS) is 11.2. The van der Waals surface area contributed by atoms with E-state index >= 15 is 0 Å².